The van der Waals surface area contributed by atoms with Gasteiger partial charge in [-0.15, -0.1) is 0 Å². The van der Waals surface area contributed by atoms with E-state index in [9.17, 15) is 9.90 Å². The molecule has 0 aliphatic heterocycles. The monoisotopic (exact) mass is 424 g/mol. The first-order valence-electron chi connectivity index (χ1n) is 12.1. The third-order valence-electron chi connectivity index (χ3n) is 7.13. The lowest BCUT2D eigenvalue weighted by Crippen LogP contribution is -2.40. The van der Waals surface area contributed by atoms with Gasteiger partial charge in [0.15, 0.2) is 5.78 Å². The molecule has 0 saturated carbocycles. The summed E-state index contributed by atoms with van der Waals surface area (Å²) in [6, 6.07) is 4.43. The summed E-state index contributed by atoms with van der Waals surface area (Å²) >= 11 is 0. The minimum atomic E-state index is -1.12. The van der Waals surface area contributed by atoms with Crippen LogP contribution >= 0.6 is 0 Å². The van der Waals surface area contributed by atoms with E-state index in [1.165, 1.54) is 11.1 Å². The zero-order valence-electron chi connectivity index (χ0n) is 21.4. The summed E-state index contributed by atoms with van der Waals surface area (Å²) in [6.07, 6.45) is 5.78. The normalized spacial score (nSPS) is 20.3. The van der Waals surface area contributed by atoms with Crippen molar-refractivity contribution in [2.24, 2.45) is 17.3 Å². The number of aliphatic hydroxyl groups is 1. The Morgan fingerprint density at radius 3 is 1.74 bits per heavy atom. The highest BCUT2D eigenvalue weighted by molar-refractivity contribution is 5.93. The molecule has 1 aliphatic rings. The molecular formula is C29H44O2. The highest BCUT2D eigenvalue weighted by atomic mass is 16.3. The second-order valence-corrected chi connectivity index (χ2v) is 11.0. The molecule has 2 unspecified atom stereocenters. The van der Waals surface area contributed by atoms with Gasteiger partial charge >= 0.3 is 0 Å². The van der Waals surface area contributed by atoms with E-state index >= 15 is 0 Å². The number of allylic oxidation sites excluding steroid dienone is 4. The summed E-state index contributed by atoms with van der Waals surface area (Å²) in [4.78, 5) is 14.1. The Morgan fingerprint density at radius 2 is 1.35 bits per heavy atom. The number of hydrogen-bond acceptors (Lipinski definition) is 2. The molecule has 0 spiro atoms. The van der Waals surface area contributed by atoms with Gasteiger partial charge in [0, 0.05) is 0 Å². The lowest BCUT2D eigenvalue weighted by Gasteiger charge is -2.39. The molecule has 0 aromatic heterocycles. The molecule has 0 amide bonds. The van der Waals surface area contributed by atoms with Gasteiger partial charge in [0.25, 0.3) is 0 Å². The fraction of sp³-hybridized carbons (Fsp3) is 0.621. The summed E-state index contributed by atoms with van der Waals surface area (Å²) in [5.41, 5.74) is 4.93. The van der Waals surface area contributed by atoms with Gasteiger partial charge in [-0.05, 0) is 58.3 Å². The maximum atomic E-state index is 14.1. The van der Waals surface area contributed by atoms with Crippen molar-refractivity contribution < 1.29 is 9.90 Å². The van der Waals surface area contributed by atoms with Gasteiger partial charge in [-0.1, -0.05) is 105 Å². The average molecular weight is 425 g/mol. The van der Waals surface area contributed by atoms with Crippen molar-refractivity contribution in [1.29, 1.82) is 0 Å². The number of carbonyl (C=O) groups excluding carboxylic acids is 1. The molecule has 1 aromatic carbocycles. The predicted octanol–water partition coefficient (Wildman–Crippen LogP) is 7.84. The highest BCUT2D eigenvalue weighted by Crippen LogP contribution is 2.46. The number of hydrogen-bond donors (Lipinski definition) is 1. The van der Waals surface area contributed by atoms with Crippen LogP contribution in [0.3, 0.4) is 0 Å². The van der Waals surface area contributed by atoms with Crippen molar-refractivity contribution in [1.82, 2.24) is 0 Å². The largest absolute Gasteiger partial charge is 0.380 e. The molecule has 31 heavy (non-hydrogen) atoms. The molecule has 0 heterocycles. The Balaban J connectivity index is 2.66. The fourth-order valence-electron chi connectivity index (χ4n) is 4.76. The molecule has 2 rings (SSSR count). The van der Waals surface area contributed by atoms with Crippen LogP contribution in [0, 0.1) is 17.3 Å². The van der Waals surface area contributed by atoms with E-state index in [4.69, 9.17) is 0 Å². The van der Waals surface area contributed by atoms with Crippen LogP contribution in [-0.4, -0.2) is 10.9 Å². The molecule has 2 heteroatoms. The van der Waals surface area contributed by atoms with Gasteiger partial charge in [0.2, 0.25) is 0 Å². The molecule has 0 radical (unpaired) electrons. The standard InChI is InChI=1S/C29H44O2/c1-17(2)22-12-11-13-29(16-22,21(9)10)28(31)27(30)26-24(19(5)6)14-23(18(3)4)15-25(26)20(7)8/h11-15,17-21,27,30H,16H2,1-10H3. The van der Waals surface area contributed by atoms with Crippen LogP contribution in [-0.2, 0) is 4.79 Å². The number of benzene rings is 1. The summed E-state index contributed by atoms with van der Waals surface area (Å²) in [7, 11) is 0. The molecular weight excluding hydrogens is 380 g/mol. The number of Topliss-reactive ketones (excluding diaryl/α,β-unsaturated/α-hetero) is 1. The molecule has 1 aromatic rings. The molecule has 0 saturated heterocycles. The van der Waals surface area contributed by atoms with Crippen molar-refractivity contribution in [3.8, 4) is 0 Å². The maximum absolute atomic E-state index is 14.1. The molecule has 0 bridgehead atoms. The Hall–Kier alpha value is -1.67. The predicted molar refractivity (Wildman–Crippen MR) is 133 cm³/mol. The summed E-state index contributed by atoms with van der Waals surface area (Å²) in [6.45, 7) is 21.6. The Bertz CT molecular complexity index is 822. The van der Waals surface area contributed by atoms with Crippen LogP contribution < -0.4 is 0 Å². The van der Waals surface area contributed by atoms with Gasteiger partial charge in [-0.2, -0.15) is 0 Å². The van der Waals surface area contributed by atoms with Crippen LogP contribution in [0.4, 0.5) is 0 Å². The van der Waals surface area contributed by atoms with E-state index in [0.29, 0.717) is 18.3 Å². The smallest absolute Gasteiger partial charge is 0.176 e. The van der Waals surface area contributed by atoms with Crippen LogP contribution in [0.15, 0.2) is 35.9 Å². The second kappa shape index (κ2) is 9.86. The molecule has 2 nitrogen and oxygen atoms in total. The summed E-state index contributed by atoms with van der Waals surface area (Å²) in [5.74, 6) is 1.29. The third kappa shape index (κ3) is 5.06. The van der Waals surface area contributed by atoms with Gasteiger partial charge in [0.05, 0.1) is 5.41 Å². The van der Waals surface area contributed by atoms with E-state index in [2.05, 4.69) is 87.4 Å². The first-order valence-corrected chi connectivity index (χ1v) is 12.1. The van der Waals surface area contributed by atoms with Crippen molar-refractivity contribution in [2.75, 3.05) is 0 Å². The van der Waals surface area contributed by atoms with Gasteiger partial charge in [-0.25, -0.2) is 0 Å². The van der Waals surface area contributed by atoms with E-state index in [1.54, 1.807) is 0 Å². The topological polar surface area (TPSA) is 37.3 Å². The van der Waals surface area contributed by atoms with Gasteiger partial charge < -0.3 is 5.11 Å². The van der Waals surface area contributed by atoms with Crippen LogP contribution in [0.5, 0.6) is 0 Å². The molecule has 1 N–H and O–H groups in total. The number of carbonyl (C=O) groups is 1. The van der Waals surface area contributed by atoms with Crippen molar-refractivity contribution in [2.45, 2.75) is 99.5 Å². The SMILES string of the molecule is CC(C)C1=CC=CC(C(=O)C(O)c2c(C(C)C)cc(C(C)C)cc2C(C)C)(C(C)C)C1. The lowest BCUT2D eigenvalue weighted by atomic mass is 9.64. The van der Waals surface area contributed by atoms with Crippen LogP contribution in [0.1, 0.15) is 122 Å². The van der Waals surface area contributed by atoms with Crippen molar-refractivity contribution >= 4 is 5.78 Å². The van der Waals surface area contributed by atoms with E-state index in [0.717, 1.165) is 16.7 Å². The maximum Gasteiger partial charge on any atom is 0.176 e. The summed E-state index contributed by atoms with van der Waals surface area (Å²) in [5, 5.41) is 11.7. The quantitative estimate of drug-likeness (QED) is 0.461. The van der Waals surface area contributed by atoms with Crippen molar-refractivity contribution in [3.63, 3.8) is 0 Å². The van der Waals surface area contributed by atoms with Crippen LogP contribution in [0.2, 0.25) is 0 Å². The molecule has 1 aliphatic carbocycles. The van der Waals surface area contributed by atoms with Gasteiger partial charge in [0.1, 0.15) is 6.10 Å². The molecule has 2 atom stereocenters. The first-order chi connectivity index (χ1) is 14.3. The van der Waals surface area contributed by atoms with E-state index in [1.807, 2.05) is 12.2 Å². The Kier molecular flexibility index (Phi) is 8.14. The average Bonchev–Trinajstić information content (AvgIpc) is 2.71. The minimum Gasteiger partial charge on any atom is -0.380 e. The highest BCUT2D eigenvalue weighted by Gasteiger charge is 2.45. The second-order valence-electron chi connectivity index (χ2n) is 11.0. The number of aliphatic hydroxyl groups excluding tert-OH is 1. The number of ketones is 1. The zero-order valence-corrected chi connectivity index (χ0v) is 21.4. The molecule has 172 valence electrons. The summed E-state index contributed by atoms with van der Waals surface area (Å²) < 4.78 is 0. The van der Waals surface area contributed by atoms with Gasteiger partial charge in [-0.3, -0.25) is 4.79 Å². The van der Waals surface area contributed by atoms with E-state index in [-0.39, 0.29) is 23.5 Å². The zero-order chi connectivity index (χ0) is 23.7. The fourth-order valence-corrected chi connectivity index (χ4v) is 4.76. The Labute approximate surface area is 190 Å². The minimum absolute atomic E-state index is 0.0638. The third-order valence-corrected chi connectivity index (χ3v) is 7.13. The van der Waals surface area contributed by atoms with Crippen LogP contribution in [0.25, 0.3) is 0 Å². The first kappa shape index (κ1) is 25.6. The number of rotatable bonds is 8. The van der Waals surface area contributed by atoms with Crippen molar-refractivity contribution in [3.05, 3.63) is 58.2 Å². The van der Waals surface area contributed by atoms with E-state index < -0.39 is 11.5 Å². The Morgan fingerprint density at radius 1 is 0.839 bits per heavy atom. The molecule has 0 fully saturated rings. The lowest BCUT2D eigenvalue weighted by molar-refractivity contribution is -0.137.